The molecule has 0 radical (unpaired) electrons. The lowest BCUT2D eigenvalue weighted by molar-refractivity contribution is 0.661. The number of fused-ring (bicyclic) bond motifs is 10. The molecule has 238 valence electrons. The summed E-state index contributed by atoms with van der Waals surface area (Å²) in [5.74, 6) is 0. The van der Waals surface area contributed by atoms with E-state index in [4.69, 9.17) is 6.57 Å². The SMILES string of the molecule is [C-]#[N+]c1cc(-c2cc(C#N)ccc2-n2c3ccccc3c3ccc4c(c32)-c2ccccc2C4(C)C)cc(-n2c3ccccc3c3ccccc32)c1. The number of hydrogen-bond acceptors (Lipinski definition) is 1. The third-order valence-corrected chi connectivity index (χ3v) is 10.9. The summed E-state index contributed by atoms with van der Waals surface area (Å²) in [7, 11) is 0. The van der Waals surface area contributed by atoms with Gasteiger partial charge in [-0.15, -0.1) is 0 Å². The van der Waals surface area contributed by atoms with Crippen molar-refractivity contribution in [3.05, 3.63) is 174 Å². The molecular weight excluding hydrogens is 621 g/mol. The Bertz CT molecular complexity index is 2980. The van der Waals surface area contributed by atoms with Gasteiger partial charge in [-0.2, -0.15) is 5.26 Å². The van der Waals surface area contributed by atoms with Crippen LogP contribution in [0.3, 0.4) is 0 Å². The first-order valence-corrected chi connectivity index (χ1v) is 17.2. The van der Waals surface area contributed by atoms with Crippen LogP contribution in [-0.2, 0) is 5.41 Å². The number of benzene rings is 7. The molecule has 0 amide bonds. The zero-order valence-electron chi connectivity index (χ0n) is 28.1. The number of para-hydroxylation sites is 3. The van der Waals surface area contributed by atoms with E-state index in [9.17, 15) is 5.26 Å². The largest absolute Gasteiger partial charge is 0.310 e. The highest BCUT2D eigenvalue weighted by Crippen LogP contribution is 2.53. The molecule has 1 aliphatic carbocycles. The molecule has 2 aromatic heterocycles. The molecule has 0 saturated carbocycles. The fourth-order valence-corrected chi connectivity index (χ4v) is 8.67. The maximum atomic E-state index is 10.2. The van der Waals surface area contributed by atoms with Gasteiger partial charge in [0, 0.05) is 43.8 Å². The summed E-state index contributed by atoms with van der Waals surface area (Å²) in [6, 6.07) is 53.3. The first-order valence-electron chi connectivity index (χ1n) is 17.2. The van der Waals surface area contributed by atoms with E-state index in [2.05, 4.69) is 155 Å². The number of rotatable bonds is 3. The molecule has 4 nitrogen and oxygen atoms in total. The summed E-state index contributed by atoms with van der Waals surface area (Å²) in [6.07, 6.45) is 0. The second kappa shape index (κ2) is 10.6. The van der Waals surface area contributed by atoms with Crippen molar-refractivity contribution in [1.82, 2.24) is 9.13 Å². The third-order valence-electron chi connectivity index (χ3n) is 10.9. The smallest absolute Gasteiger partial charge is 0.189 e. The zero-order chi connectivity index (χ0) is 34.4. The van der Waals surface area contributed by atoms with Gasteiger partial charge in [-0.3, -0.25) is 0 Å². The molecule has 0 unspecified atom stereocenters. The van der Waals surface area contributed by atoms with Gasteiger partial charge >= 0.3 is 0 Å². The zero-order valence-corrected chi connectivity index (χ0v) is 28.1. The lowest BCUT2D eigenvalue weighted by Gasteiger charge is -2.21. The number of hydrogen-bond donors (Lipinski definition) is 0. The van der Waals surface area contributed by atoms with Crippen molar-refractivity contribution in [2.24, 2.45) is 0 Å². The van der Waals surface area contributed by atoms with Gasteiger partial charge in [0.05, 0.1) is 46.0 Å². The highest BCUT2D eigenvalue weighted by molar-refractivity contribution is 6.16. The Kier molecular flexibility index (Phi) is 6.02. The maximum Gasteiger partial charge on any atom is 0.189 e. The van der Waals surface area contributed by atoms with Gasteiger partial charge in [-0.25, -0.2) is 4.85 Å². The topological polar surface area (TPSA) is 38.0 Å². The van der Waals surface area contributed by atoms with Gasteiger partial charge in [0.2, 0.25) is 0 Å². The quantitative estimate of drug-likeness (QED) is 0.175. The Morgan fingerprint density at radius 2 is 1.22 bits per heavy atom. The van der Waals surface area contributed by atoms with Crippen LogP contribution < -0.4 is 0 Å². The Morgan fingerprint density at radius 1 is 0.588 bits per heavy atom. The molecule has 1 aliphatic rings. The van der Waals surface area contributed by atoms with Crippen LogP contribution in [-0.4, -0.2) is 9.13 Å². The molecule has 7 aromatic carbocycles. The summed E-state index contributed by atoms with van der Waals surface area (Å²) in [6.45, 7) is 12.8. The summed E-state index contributed by atoms with van der Waals surface area (Å²) in [4.78, 5) is 3.98. The van der Waals surface area contributed by atoms with Gasteiger partial charge < -0.3 is 9.13 Å². The summed E-state index contributed by atoms with van der Waals surface area (Å²) in [5, 5.41) is 14.9. The van der Waals surface area contributed by atoms with Gasteiger partial charge in [0.1, 0.15) is 0 Å². The van der Waals surface area contributed by atoms with Crippen molar-refractivity contribution in [3.8, 4) is 39.7 Å². The molecule has 2 heterocycles. The van der Waals surface area contributed by atoms with E-state index in [1.54, 1.807) is 0 Å². The van der Waals surface area contributed by atoms with E-state index < -0.39 is 0 Å². The molecule has 0 N–H and O–H groups in total. The van der Waals surface area contributed by atoms with Crippen molar-refractivity contribution in [1.29, 1.82) is 5.26 Å². The predicted molar refractivity (Wildman–Crippen MR) is 209 cm³/mol. The Balaban J connectivity index is 1.32. The molecule has 0 atom stereocenters. The Morgan fingerprint density at radius 3 is 1.90 bits per heavy atom. The number of aromatic nitrogens is 2. The Labute approximate surface area is 295 Å². The molecule has 0 aliphatic heterocycles. The third kappa shape index (κ3) is 3.99. The summed E-state index contributed by atoms with van der Waals surface area (Å²) >= 11 is 0. The predicted octanol–water partition coefficient (Wildman–Crippen LogP) is 12.3. The van der Waals surface area contributed by atoms with E-state index in [0.717, 1.165) is 55.3 Å². The second-order valence-corrected chi connectivity index (χ2v) is 14.0. The molecule has 0 bridgehead atoms. The van der Waals surface area contributed by atoms with E-state index in [1.165, 1.54) is 33.0 Å². The van der Waals surface area contributed by atoms with Crippen molar-refractivity contribution in [3.63, 3.8) is 0 Å². The van der Waals surface area contributed by atoms with Crippen LogP contribution in [0.4, 0.5) is 5.69 Å². The molecule has 51 heavy (non-hydrogen) atoms. The fraction of sp³-hybridized carbons (Fsp3) is 0.0638. The highest BCUT2D eigenvalue weighted by Gasteiger charge is 2.37. The average molecular weight is 651 g/mol. The van der Waals surface area contributed by atoms with E-state index >= 15 is 0 Å². The lowest BCUT2D eigenvalue weighted by Crippen LogP contribution is -2.14. The molecule has 0 spiro atoms. The fourth-order valence-electron chi connectivity index (χ4n) is 8.67. The van der Waals surface area contributed by atoms with Crippen molar-refractivity contribution in [2.45, 2.75) is 19.3 Å². The van der Waals surface area contributed by atoms with Crippen LogP contribution in [0.25, 0.3) is 82.1 Å². The average Bonchev–Trinajstić information content (AvgIpc) is 3.78. The normalized spacial score (nSPS) is 13.0. The highest BCUT2D eigenvalue weighted by atomic mass is 15.0. The minimum atomic E-state index is -0.157. The molecule has 4 heteroatoms. The molecular formula is C47H30N4. The van der Waals surface area contributed by atoms with Crippen LogP contribution in [0.15, 0.2) is 146 Å². The van der Waals surface area contributed by atoms with Gasteiger partial charge in [-0.05, 0) is 76.9 Å². The van der Waals surface area contributed by atoms with Crippen LogP contribution in [0.5, 0.6) is 0 Å². The van der Waals surface area contributed by atoms with E-state index in [-0.39, 0.29) is 5.41 Å². The summed E-state index contributed by atoms with van der Waals surface area (Å²) < 4.78 is 4.64. The van der Waals surface area contributed by atoms with E-state index in [0.29, 0.717) is 11.3 Å². The van der Waals surface area contributed by atoms with Gasteiger partial charge in [-0.1, -0.05) is 105 Å². The van der Waals surface area contributed by atoms with Crippen LogP contribution in [0, 0.1) is 17.9 Å². The van der Waals surface area contributed by atoms with E-state index in [1.807, 2.05) is 24.3 Å². The second-order valence-electron chi connectivity index (χ2n) is 14.0. The minimum Gasteiger partial charge on any atom is -0.310 e. The maximum absolute atomic E-state index is 10.2. The van der Waals surface area contributed by atoms with Crippen LogP contribution in [0.1, 0.15) is 30.5 Å². The first-order chi connectivity index (χ1) is 25.0. The monoisotopic (exact) mass is 650 g/mol. The van der Waals surface area contributed by atoms with Crippen LogP contribution in [0.2, 0.25) is 0 Å². The molecule has 0 saturated heterocycles. The first kappa shape index (κ1) is 29.1. The Hall–Kier alpha value is -6.88. The van der Waals surface area contributed by atoms with Gasteiger partial charge in [0.15, 0.2) is 5.69 Å². The standard InChI is InChI=1S/C47H30N4/c1-47(2)39-16-8-4-15-37(39)45-40(47)22-21-36-35-14-7-11-19-43(35)51(46(36)45)44-23-20-29(28-48)24-38(44)30-25-31(49-3)27-32(26-30)50-41-17-9-5-12-33(41)34-13-6-10-18-42(34)50/h4-27H,1-2H3. The van der Waals surface area contributed by atoms with Crippen molar-refractivity contribution >= 4 is 49.3 Å². The lowest BCUT2D eigenvalue weighted by atomic mass is 9.82. The molecule has 0 fully saturated rings. The molecule has 10 rings (SSSR count). The summed E-state index contributed by atoms with van der Waals surface area (Å²) in [5.41, 5.74) is 14.1. The number of nitrogens with zero attached hydrogens (tertiary/aromatic N) is 4. The minimum absolute atomic E-state index is 0.157. The van der Waals surface area contributed by atoms with Gasteiger partial charge in [0.25, 0.3) is 0 Å². The van der Waals surface area contributed by atoms with Crippen molar-refractivity contribution < 1.29 is 0 Å². The van der Waals surface area contributed by atoms with Crippen LogP contribution >= 0.6 is 0 Å². The molecule has 9 aromatic rings. The van der Waals surface area contributed by atoms with Crippen molar-refractivity contribution in [2.75, 3.05) is 0 Å². The number of nitriles is 1.